The molecule has 0 fully saturated rings. The molecule has 0 amide bonds. The van der Waals surface area contributed by atoms with Crippen LogP contribution in [-0.2, 0) is 6.42 Å². The number of hydrogen-bond acceptors (Lipinski definition) is 1. The van der Waals surface area contributed by atoms with Gasteiger partial charge in [0.1, 0.15) is 0 Å². The molecule has 1 aromatic carbocycles. The SMILES string of the molecule is CCNC(C)C(Cc1ccc(C(C)C)cc1)C(C)C. The molecule has 1 N–H and O–H groups in total. The molecule has 0 spiro atoms. The van der Waals surface area contributed by atoms with Crippen LogP contribution in [-0.4, -0.2) is 12.6 Å². The van der Waals surface area contributed by atoms with E-state index in [0.717, 1.165) is 6.54 Å². The Balaban J connectivity index is 2.73. The lowest BCUT2D eigenvalue weighted by atomic mass is 9.83. The Labute approximate surface area is 119 Å². The second-order valence-electron chi connectivity index (χ2n) is 6.35. The molecule has 0 aromatic heterocycles. The van der Waals surface area contributed by atoms with Crippen molar-refractivity contribution in [2.75, 3.05) is 6.54 Å². The lowest BCUT2D eigenvalue weighted by Crippen LogP contribution is -2.37. The number of rotatable bonds is 7. The summed E-state index contributed by atoms with van der Waals surface area (Å²) >= 11 is 0. The van der Waals surface area contributed by atoms with Gasteiger partial charge in [0.2, 0.25) is 0 Å². The van der Waals surface area contributed by atoms with E-state index in [9.17, 15) is 0 Å². The molecule has 0 saturated carbocycles. The molecule has 1 rings (SSSR count). The maximum Gasteiger partial charge on any atom is 0.00725 e. The van der Waals surface area contributed by atoms with E-state index in [0.29, 0.717) is 23.8 Å². The van der Waals surface area contributed by atoms with Crippen LogP contribution in [0.3, 0.4) is 0 Å². The van der Waals surface area contributed by atoms with Crippen LogP contribution in [0, 0.1) is 11.8 Å². The fraction of sp³-hybridized carbons (Fsp3) is 0.667. The molecule has 2 atom stereocenters. The summed E-state index contributed by atoms with van der Waals surface area (Å²) in [6.45, 7) is 14.7. The summed E-state index contributed by atoms with van der Waals surface area (Å²) in [6, 6.07) is 9.77. The Morgan fingerprint density at radius 3 is 1.95 bits per heavy atom. The van der Waals surface area contributed by atoms with Gasteiger partial charge in [0.05, 0.1) is 0 Å². The van der Waals surface area contributed by atoms with E-state index in [4.69, 9.17) is 0 Å². The molecule has 2 unspecified atom stereocenters. The van der Waals surface area contributed by atoms with Crippen LogP contribution in [0.15, 0.2) is 24.3 Å². The molecule has 19 heavy (non-hydrogen) atoms. The van der Waals surface area contributed by atoms with Crippen LogP contribution in [0.4, 0.5) is 0 Å². The molecule has 108 valence electrons. The number of nitrogens with one attached hydrogen (secondary N) is 1. The van der Waals surface area contributed by atoms with E-state index >= 15 is 0 Å². The quantitative estimate of drug-likeness (QED) is 0.755. The summed E-state index contributed by atoms with van der Waals surface area (Å²) in [6.07, 6.45) is 1.17. The Morgan fingerprint density at radius 1 is 0.947 bits per heavy atom. The first-order valence-corrected chi connectivity index (χ1v) is 7.77. The van der Waals surface area contributed by atoms with E-state index < -0.39 is 0 Å². The van der Waals surface area contributed by atoms with Crippen molar-refractivity contribution >= 4 is 0 Å². The van der Waals surface area contributed by atoms with E-state index in [1.165, 1.54) is 17.5 Å². The molecule has 0 aliphatic rings. The van der Waals surface area contributed by atoms with Crippen molar-refractivity contribution in [1.29, 1.82) is 0 Å². The minimum atomic E-state index is 0.578. The van der Waals surface area contributed by atoms with Crippen LogP contribution in [0.5, 0.6) is 0 Å². The van der Waals surface area contributed by atoms with Crippen molar-refractivity contribution in [3.8, 4) is 0 Å². The largest absolute Gasteiger partial charge is 0.314 e. The maximum absolute atomic E-state index is 3.58. The van der Waals surface area contributed by atoms with Gasteiger partial charge in [0, 0.05) is 6.04 Å². The Hall–Kier alpha value is -0.820. The highest BCUT2D eigenvalue weighted by molar-refractivity contribution is 5.25. The molecule has 0 aliphatic heterocycles. The summed E-state index contributed by atoms with van der Waals surface area (Å²) in [4.78, 5) is 0. The first-order chi connectivity index (χ1) is 8.95. The van der Waals surface area contributed by atoms with E-state index in [1.807, 2.05) is 0 Å². The number of hydrogen-bond donors (Lipinski definition) is 1. The summed E-state index contributed by atoms with van der Waals surface area (Å²) < 4.78 is 0. The molecule has 0 bridgehead atoms. The van der Waals surface area contributed by atoms with Gasteiger partial charge in [-0.1, -0.05) is 58.9 Å². The zero-order valence-corrected chi connectivity index (χ0v) is 13.5. The summed E-state index contributed by atoms with van der Waals surface area (Å²) in [7, 11) is 0. The van der Waals surface area contributed by atoms with Crippen molar-refractivity contribution in [1.82, 2.24) is 5.32 Å². The van der Waals surface area contributed by atoms with Gasteiger partial charge in [0.15, 0.2) is 0 Å². The molecule has 1 nitrogen and oxygen atoms in total. The van der Waals surface area contributed by atoms with Crippen LogP contribution < -0.4 is 5.32 Å². The molecule has 1 aromatic rings. The zero-order valence-electron chi connectivity index (χ0n) is 13.5. The van der Waals surface area contributed by atoms with E-state index in [1.54, 1.807) is 0 Å². The standard InChI is InChI=1S/C18H31N/c1-7-19-15(6)18(14(4)5)12-16-8-10-17(11-9-16)13(2)3/h8-11,13-15,18-19H,7,12H2,1-6H3. The number of benzene rings is 1. The minimum absolute atomic E-state index is 0.578. The summed E-state index contributed by atoms with van der Waals surface area (Å²) in [5.74, 6) is 2.03. The van der Waals surface area contributed by atoms with Gasteiger partial charge >= 0.3 is 0 Å². The fourth-order valence-electron chi connectivity index (χ4n) is 2.77. The van der Waals surface area contributed by atoms with Gasteiger partial charge in [0.25, 0.3) is 0 Å². The van der Waals surface area contributed by atoms with Gasteiger partial charge in [-0.2, -0.15) is 0 Å². The van der Waals surface area contributed by atoms with Gasteiger partial charge in [-0.05, 0) is 48.8 Å². The maximum atomic E-state index is 3.58. The van der Waals surface area contributed by atoms with E-state index in [-0.39, 0.29) is 0 Å². The van der Waals surface area contributed by atoms with Crippen LogP contribution in [0.25, 0.3) is 0 Å². The summed E-state index contributed by atoms with van der Waals surface area (Å²) in [5, 5.41) is 3.58. The Bertz CT molecular complexity index is 350. The first-order valence-electron chi connectivity index (χ1n) is 7.77. The minimum Gasteiger partial charge on any atom is -0.314 e. The van der Waals surface area contributed by atoms with Gasteiger partial charge in [-0.3, -0.25) is 0 Å². The van der Waals surface area contributed by atoms with Crippen LogP contribution in [0.2, 0.25) is 0 Å². The second kappa shape index (κ2) is 7.69. The van der Waals surface area contributed by atoms with Crippen molar-refractivity contribution in [3.05, 3.63) is 35.4 Å². The lowest BCUT2D eigenvalue weighted by molar-refractivity contribution is 0.292. The molecule has 1 heteroatoms. The van der Waals surface area contributed by atoms with Crippen molar-refractivity contribution in [3.63, 3.8) is 0 Å². The lowest BCUT2D eigenvalue weighted by Gasteiger charge is -2.28. The Morgan fingerprint density at radius 2 is 1.53 bits per heavy atom. The smallest absolute Gasteiger partial charge is 0.00725 e. The Kier molecular flexibility index (Phi) is 6.57. The zero-order chi connectivity index (χ0) is 14.4. The van der Waals surface area contributed by atoms with Crippen molar-refractivity contribution in [2.24, 2.45) is 11.8 Å². The van der Waals surface area contributed by atoms with Gasteiger partial charge in [-0.15, -0.1) is 0 Å². The first kappa shape index (κ1) is 16.2. The third-order valence-electron chi connectivity index (χ3n) is 4.14. The average Bonchev–Trinajstić information content (AvgIpc) is 2.36. The third kappa shape index (κ3) is 4.99. The predicted molar refractivity (Wildman–Crippen MR) is 85.7 cm³/mol. The topological polar surface area (TPSA) is 12.0 Å². The molecular weight excluding hydrogens is 230 g/mol. The third-order valence-corrected chi connectivity index (χ3v) is 4.14. The normalized spacial score (nSPS) is 14.9. The molecule has 0 heterocycles. The summed E-state index contributed by atoms with van der Waals surface area (Å²) in [5.41, 5.74) is 2.90. The monoisotopic (exact) mass is 261 g/mol. The molecule has 0 saturated heterocycles. The fourth-order valence-corrected chi connectivity index (χ4v) is 2.77. The van der Waals surface area contributed by atoms with Crippen LogP contribution >= 0.6 is 0 Å². The highest BCUT2D eigenvalue weighted by Crippen LogP contribution is 2.22. The predicted octanol–water partition coefficient (Wildman–Crippen LogP) is 4.62. The van der Waals surface area contributed by atoms with E-state index in [2.05, 4.69) is 71.1 Å². The van der Waals surface area contributed by atoms with Crippen molar-refractivity contribution in [2.45, 2.75) is 59.9 Å². The second-order valence-corrected chi connectivity index (χ2v) is 6.35. The molecule has 0 aliphatic carbocycles. The van der Waals surface area contributed by atoms with Gasteiger partial charge < -0.3 is 5.32 Å². The van der Waals surface area contributed by atoms with Gasteiger partial charge in [-0.25, -0.2) is 0 Å². The highest BCUT2D eigenvalue weighted by Gasteiger charge is 2.20. The van der Waals surface area contributed by atoms with Crippen LogP contribution in [0.1, 0.15) is 58.6 Å². The molecular formula is C18H31N. The van der Waals surface area contributed by atoms with Crippen molar-refractivity contribution < 1.29 is 0 Å². The highest BCUT2D eigenvalue weighted by atomic mass is 14.9. The molecule has 0 radical (unpaired) electrons. The average molecular weight is 261 g/mol.